The average Bonchev–Trinajstić information content (AvgIpc) is 2.32. The molecule has 0 aliphatic rings. The van der Waals surface area contributed by atoms with Crippen molar-refractivity contribution in [1.82, 2.24) is 9.97 Å². The molecule has 0 spiro atoms. The van der Waals surface area contributed by atoms with Crippen LogP contribution in [0.25, 0.3) is 0 Å². The van der Waals surface area contributed by atoms with Gasteiger partial charge >= 0.3 is 0 Å². The number of nitriles is 1. The Hall–Kier alpha value is -2.20. The Morgan fingerprint density at radius 1 is 1.32 bits per heavy atom. The Morgan fingerprint density at radius 3 is 2.47 bits per heavy atom. The number of benzene rings is 1. The summed E-state index contributed by atoms with van der Waals surface area (Å²) in [6.07, 6.45) is 0. The second-order valence-electron chi connectivity index (χ2n) is 3.67. The molecule has 0 unspecified atom stereocenters. The van der Waals surface area contributed by atoms with Crippen molar-refractivity contribution in [3.63, 3.8) is 0 Å². The molecule has 19 heavy (non-hydrogen) atoms. The molecule has 2 aromatic rings. The van der Waals surface area contributed by atoms with Crippen molar-refractivity contribution in [2.45, 2.75) is 17.0 Å². The van der Waals surface area contributed by atoms with Crippen molar-refractivity contribution in [2.75, 3.05) is 0 Å². The van der Waals surface area contributed by atoms with Crippen LogP contribution in [0.15, 0.2) is 33.0 Å². The topological polar surface area (TPSA) is 69.5 Å². The number of H-pyrrole nitrogens is 1. The van der Waals surface area contributed by atoms with E-state index in [0.717, 1.165) is 12.1 Å². The lowest BCUT2D eigenvalue weighted by molar-refractivity contribution is 0.539. The summed E-state index contributed by atoms with van der Waals surface area (Å²) >= 11 is 0.662. The fourth-order valence-electron chi connectivity index (χ4n) is 1.42. The highest BCUT2D eigenvalue weighted by Gasteiger charge is 2.14. The molecule has 1 aromatic heterocycles. The highest BCUT2D eigenvalue weighted by atomic mass is 32.2. The standard InChI is InChI=1S/C12H7F2N3OS/c1-6-2-10(18)17-12(16-6)19-11-8(13)3-7(5-15)4-9(11)14/h2-4H,1H3,(H,16,17,18). The molecule has 0 aliphatic heterocycles. The van der Waals surface area contributed by atoms with Gasteiger partial charge in [-0.1, -0.05) is 0 Å². The number of aromatic amines is 1. The molecule has 1 heterocycles. The predicted molar refractivity (Wildman–Crippen MR) is 64.8 cm³/mol. The van der Waals surface area contributed by atoms with E-state index in [0.29, 0.717) is 17.5 Å². The Morgan fingerprint density at radius 2 is 1.95 bits per heavy atom. The number of nitrogens with one attached hydrogen (secondary N) is 1. The monoisotopic (exact) mass is 279 g/mol. The van der Waals surface area contributed by atoms with Gasteiger partial charge in [-0.3, -0.25) is 4.79 Å². The third kappa shape index (κ3) is 2.98. The van der Waals surface area contributed by atoms with Crippen LogP contribution >= 0.6 is 11.8 Å². The molecule has 0 fully saturated rings. The van der Waals surface area contributed by atoms with Gasteiger partial charge in [-0.15, -0.1) is 0 Å². The first-order chi connectivity index (χ1) is 8.99. The molecular weight excluding hydrogens is 272 g/mol. The van der Waals surface area contributed by atoms with E-state index in [1.807, 2.05) is 0 Å². The second kappa shape index (κ2) is 5.20. The van der Waals surface area contributed by atoms with Crippen LogP contribution in [0, 0.1) is 29.9 Å². The number of hydrogen-bond donors (Lipinski definition) is 1. The van der Waals surface area contributed by atoms with Gasteiger partial charge in [-0.05, 0) is 30.8 Å². The lowest BCUT2D eigenvalue weighted by atomic mass is 10.2. The lowest BCUT2D eigenvalue weighted by Crippen LogP contribution is -2.08. The average molecular weight is 279 g/mol. The van der Waals surface area contributed by atoms with E-state index in [9.17, 15) is 13.6 Å². The van der Waals surface area contributed by atoms with Gasteiger partial charge in [-0.25, -0.2) is 13.8 Å². The van der Waals surface area contributed by atoms with Crippen LogP contribution < -0.4 is 5.56 Å². The number of aromatic nitrogens is 2. The van der Waals surface area contributed by atoms with Gasteiger partial charge in [0.05, 0.1) is 16.5 Å². The summed E-state index contributed by atoms with van der Waals surface area (Å²) in [6.45, 7) is 1.60. The van der Waals surface area contributed by atoms with Crippen LogP contribution in [-0.2, 0) is 0 Å². The van der Waals surface area contributed by atoms with Crippen molar-refractivity contribution in [3.05, 3.63) is 51.4 Å². The van der Waals surface area contributed by atoms with Gasteiger partial charge in [0.2, 0.25) is 0 Å². The maximum Gasteiger partial charge on any atom is 0.251 e. The molecule has 2 rings (SSSR count). The number of halogens is 2. The fourth-order valence-corrected chi connectivity index (χ4v) is 2.27. The van der Waals surface area contributed by atoms with Gasteiger partial charge in [-0.2, -0.15) is 5.26 Å². The van der Waals surface area contributed by atoms with E-state index < -0.39 is 17.2 Å². The summed E-state index contributed by atoms with van der Waals surface area (Å²) in [5.41, 5.74) is -0.0600. The van der Waals surface area contributed by atoms with Crippen LogP contribution in [0.2, 0.25) is 0 Å². The van der Waals surface area contributed by atoms with Gasteiger partial charge in [0.15, 0.2) is 5.16 Å². The molecule has 0 aliphatic carbocycles. The van der Waals surface area contributed by atoms with Gasteiger partial charge in [0.25, 0.3) is 5.56 Å². The zero-order valence-electron chi connectivity index (χ0n) is 9.70. The van der Waals surface area contributed by atoms with Crippen LogP contribution in [0.3, 0.4) is 0 Å². The molecule has 7 heteroatoms. The van der Waals surface area contributed by atoms with E-state index in [2.05, 4.69) is 9.97 Å². The third-order valence-electron chi connectivity index (χ3n) is 2.17. The number of aryl methyl sites for hydroxylation is 1. The van der Waals surface area contributed by atoms with Crippen molar-refractivity contribution < 1.29 is 8.78 Å². The summed E-state index contributed by atoms with van der Waals surface area (Å²) in [4.78, 5) is 17.3. The number of rotatable bonds is 2. The van der Waals surface area contributed by atoms with Crippen molar-refractivity contribution in [3.8, 4) is 6.07 Å². The van der Waals surface area contributed by atoms with E-state index in [4.69, 9.17) is 5.26 Å². The summed E-state index contributed by atoms with van der Waals surface area (Å²) in [5, 5.41) is 8.68. The number of hydrogen-bond acceptors (Lipinski definition) is 4. The summed E-state index contributed by atoms with van der Waals surface area (Å²) in [5.74, 6) is -1.74. The van der Waals surface area contributed by atoms with E-state index >= 15 is 0 Å². The molecular formula is C12H7F2N3OS. The van der Waals surface area contributed by atoms with Crippen LogP contribution in [0.4, 0.5) is 8.78 Å². The quantitative estimate of drug-likeness (QED) is 0.857. The Balaban J connectivity index is 2.44. The first-order valence-corrected chi connectivity index (χ1v) is 5.96. The Kier molecular flexibility index (Phi) is 3.62. The molecule has 1 N–H and O–H groups in total. The summed E-state index contributed by atoms with van der Waals surface area (Å²) < 4.78 is 27.3. The maximum absolute atomic E-state index is 13.7. The van der Waals surface area contributed by atoms with Crippen LogP contribution in [-0.4, -0.2) is 9.97 Å². The van der Waals surface area contributed by atoms with Gasteiger partial charge in [0, 0.05) is 11.8 Å². The fraction of sp³-hybridized carbons (Fsp3) is 0.0833. The zero-order valence-corrected chi connectivity index (χ0v) is 10.5. The maximum atomic E-state index is 13.7. The minimum atomic E-state index is -0.870. The van der Waals surface area contributed by atoms with Gasteiger partial charge < -0.3 is 4.98 Å². The molecule has 1 aromatic carbocycles. The number of nitrogens with zero attached hydrogens (tertiary/aromatic N) is 2. The molecule has 0 amide bonds. The highest BCUT2D eigenvalue weighted by molar-refractivity contribution is 7.99. The highest BCUT2D eigenvalue weighted by Crippen LogP contribution is 2.30. The smallest absolute Gasteiger partial charge is 0.251 e. The van der Waals surface area contributed by atoms with Crippen LogP contribution in [0.1, 0.15) is 11.3 Å². The summed E-state index contributed by atoms with van der Waals surface area (Å²) in [6, 6.07) is 4.79. The lowest BCUT2D eigenvalue weighted by Gasteiger charge is -2.05. The van der Waals surface area contributed by atoms with Gasteiger partial charge in [0.1, 0.15) is 11.6 Å². The normalized spacial score (nSPS) is 10.2. The third-order valence-corrected chi connectivity index (χ3v) is 3.15. The SMILES string of the molecule is Cc1cc(=O)[nH]c(Sc2c(F)cc(C#N)cc2F)n1. The van der Waals surface area contributed by atoms with E-state index in [1.165, 1.54) is 6.07 Å². The Labute approximate surface area is 111 Å². The van der Waals surface area contributed by atoms with Crippen LogP contribution in [0.5, 0.6) is 0 Å². The van der Waals surface area contributed by atoms with Crippen molar-refractivity contribution >= 4 is 11.8 Å². The minimum Gasteiger partial charge on any atom is -0.301 e. The largest absolute Gasteiger partial charge is 0.301 e. The minimum absolute atomic E-state index is 0.0903. The molecule has 0 bridgehead atoms. The predicted octanol–water partition coefficient (Wildman–Crippen LogP) is 2.38. The molecule has 96 valence electrons. The first-order valence-electron chi connectivity index (χ1n) is 5.14. The van der Waals surface area contributed by atoms with E-state index in [-0.39, 0.29) is 15.6 Å². The molecule has 0 saturated heterocycles. The summed E-state index contributed by atoms with van der Waals surface area (Å²) in [7, 11) is 0. The first kappa shape index (κ1) is 13.2. The van der Waals surface area contributed by atoms with Crippen molar-refractivity contribution in [2.24, 2.45) is 0 Å². The molecule has 0 atom stereocenters. The molecule has 4 nitrogen and oxygen atoms in total. The Bertz CT molecular complexity index is 713. The van der Waals surface area contributed by atoms with Crippen molar-refractivity contribution in [1.29, 1.82) is 5.26 Å². The zero-order chi connectivity index (χ0) is 14.0. The molecule has 0 radical (unpaired) electrons. The second-order valence-corrected chi connectivity index (χ2v) is 4.67. The van der Waals surface area contributed by atoms with E-state index in [1.54, 1.807) is 13.0 Å². The molecule has 0 saturated carbocycles.